The van der Waals surface area contributed by atoms with Gasteiger partial charge in [0.2, 0.25) is 5.79 Å². The number of nitrogens with two attached hydrogens (primary N) is 1. The molecule has 1 saturated heterocycles. The highest BCUT2D eigenvalue weighted by molar-refractivity contribution is 4.93. The van der Waals surface area contributed by atoms with E-state index in [4.69, 9.17) is 25.4 Å². The molecule has 0 bridgehead atoms. The summed E-state index contributed by atoms with van der Waals surface area (Å²) in [4.78, 5) is 0. The lowest BCUT2D eigenvalue weighted by molar-refractivity contribution is -0.320. The summed E-state index contributed by atoms with van der Waals surface area (Å²) in [5, 5.41) is 50.5. The predicted molar refractivity (Wildman–Crippen MR) is 76.6 cm³/mol. The van der Waals surface area contributed by atoms with Crippen LogP contribution < -0.4 is 11.1 Å². The number of rotatable bonds is 9. The van der Waals surface area contributed by atoms with E-state index in [-0.39, 0.29) is 13.2 Å². The molecule has 9 heteroatoms. The van der Waals surface area contributed by atoms with Crippen LogP contribution in [0, 0.1) is 0 Å². The van der Waals surface area contributed by atoms with Crippen LogP contribution in [0.15, 0.2) is 0 Å². The van der Waals surface area contributed by atoms with E-state index in [2.05, 4.69) is 5.32 Å². The molecule has 22 heavy (non-hydrogen) atoms. The number of nitrogens with one attached hydrogen (secondary N) is 1. The highest BCUT2D eigenvalue weighted by Crippen LogP contribution is 2.24. The quantitative estimate of drug-likeness (QED) is 0.172. The van der Waals surface area contributed by atoms with Gasteiger partial charge in [-0.1, -0.05) is 6.42 Å². The minimum atomic E-state index is -1.87. The van der Waals surface area contributed by atoms with Gasteiger partial charge in [0.15, 0.2) is 6.29 Å². The number of unbranched alkanes of at least 4 members (excludes halogenated alkanes) is 1. The topological polar surface area (TPSA) is 158 Å². The number of hydrogen-bond acceptors (Lipinski definition) is 9. The molecule has 1 fully saturated rings. The molecule has 0 amide bonds. The molecule has 0 aromatic carbocycles. The van der Waals surface area contributed by atoms with Crippen molar-refractivity contribution in [2.45, 2.75) is 55.7 Å². The molecule has 5 unspecified atom stereocenters. The first-order valence-electron chi connectivity index (χ1n) is 7.39. The van der Waals surface area contributed by atoms with Crippen molar-refractivity contribution in [3.05, 3.63) is 0 Å². The molecule has 5 atom stereocenters. The van der Waals surface area contributed by atoms with Crippen LogP contribution in [0.5, 0.6) is 0 Å². The van der Waals surface area contributed by atoms with Gasteiger partial charge < -0.3 is 46.1 Å². The lowest BCUT2D eigenvalue weighted by atomic mass is 9.96. The Kier molecular flexibility index (Phi) is 8.11. The first kappa shape index (κ1) is 19.7. The first-order valence-corrected chi connectivity index (χ1v) is 7.39. The summed E-state index contributed by atoms with van der Waals surface area (Å²) < 4.78 is 10.1. The highest BCUT2D eigenvalue weighted by Gasteiger charge is 2.48. The molecule has 0 saturated carbocycles. The maximum Gasteiger partial charge on any atom is 0.207 e. The Hall–Kier alpha value is -0.360. The fourth-order valence-corrected chi connectivity index (χ4v) is 2.29. The zero-order valence-corrected chi connectivity index (χ0v) is 12.8. The molecule has 0 aromatic heterocycles. The third-order valence-corrected chi connectivity index (χ3v) is 3.87. The molecular formula is C13H28N2O7. The van der Waals surface area contributed by atoms with Crippen molar-refractivity contribution in [3.8, 4) is 0 Å². The minimum absolute atomic E-state index is 0.0177. The van der Waals surface area contributed by atoms with Crippen LogP contribution in [0.4, 0.5) is 0 Å². The minimum Gasteiger partial charge on any atom is -0.387 e. The zero-order valence-electron chi connectivity index (χ0n) is 12.8. The van der Waals surface area contributed by atoms with Crippen LogP contribution in [0.25, 0.3) is 0 Å². The summed E-state index contributed by atoms with van der Waals surface area (Å²) in [6.45, 7) is 0.461. The molecule has 1 aliphatic rings. The molecule has 9 nitrogen and oxygen atoms in total. The van der Waals surface area contributed by atoms with E-state index in [0.29, 0.717) is 25.8 Å². The van der Waals surface area contributed by atoms with Gasteiger partial charge in [-0.15, -0.1) is 0 Å². The molecule has 0 aromatic rings. The molecule has 1 aliphatic heterocycles. The van der Waals surface area contributed by atoms with E-state index in [1.54, 1.807) is 0 Å². The Balaban J connectivity index is 2.24. The molecule has 0 spiro atoms. The molecular weight excluding hydrogens is 296 g/mol. The van der Waals surface area contributed by atoms with Gasteiger partial charge in [-0.3, -0.25) is 0 Å². The van der Waals surface area contributed by atoms with Crippen LogP contribution in [0.2, 0.25) is 0 Å². The second-order valence-electron chi connectivity index (χ2n) is 5.62. The second kappa shape index (κ2) is 9.06. The number of aliphatic hydroxyl groups excluding tert-OH is 3. The van der Waals surface area contributed by atoms with Crippen molar-refractivity contribution < 1.29 is 35.0 Å². The maximum atomic E-state index is 10.2. The molecule has 1 rings (SSSR count). The average Bonchev–Trinajstić information content (AvgIpc) is 2.48. The number of methoxy groups -OCH3 is 1. The lowest BCUT2D eigenvalue weighted by Gasteiger charge is -2.42. The second-order valence-corrected chi connectivity index (χ2v) is 5.62. The summed E-state index contributed by atoms with van der Waals surface area (Å²) in [5.74, 6) is -1.87. The summed E-state index contributed by atoms with van der Waals surface area (Å²) in [7, 11) is 1.39. The Bertz CT molecular complexity index is 321. The van der Waals surface area contributed by atoms with E-state index in [0.717, 1.165) is 0 Å². The maximum absolute atomic E-state index is 10.2. The largest absolute Gasteiger partial charge is 0.387 e. The number of hydrogen-bond donors (Lipinski definition) is 7. The van der Waals surface area contributed by atoms with Crippen LogP contribution in [-0.4, -0.2) is 88.8 Å². The smallest absolute Gasteiger partial charge is 0.207 e. The summed E-state index contributed by atoms with van der Waals surface area (Å²) in [6.07, 6.45) is -3.04. The zero-order chi connectivity index (χ0) is 16.8. The van der Waals surface area contributed by atoms with E-state index in [1.165, 1.54) is 7.11 Å². The predicted octanol–water partition coefficient (Wildman–Crippen LogP) is -3.16. The molecule has 1 heterocycles. The molecule has 8 N–H and O–H groups in total. The molecule has 0 aliphatic carbocycles. The third-order valence-electron chi connectivity index (χ3n) is 3.87. The SMILES string of the molecule is COC1COC(O)(CNCCCCC(N)C(O)O)C(O)C1O. The fraction of sp³-hybridized carbons (Fsp3) is 1.00. The average molecular weight is 324 g/mol. The van der Waals surface area contributed by atoms with Gasteiger partial charge >= 0.3 is 0 Å². The Morgan fingerprint density at radius 1 is 1.36 bits per heavy atom. The van der Waals surface area contributed by atoms with Crippen LogP contribution >= 0.6 is 0 Å². The summed E-state index contributed by atoms with van der Waals surface area (Å²) >= 11 is 0. The Labute approximate surface area is 129 Å². The Morgan fingerprint density at radius 3 is 2.64 bits per heavy atom. The highest BCUT2D eigenvalue weighted by atomic mass is 16.7. The van der Waals surface area contributed by atoms with Gasteiger partial charge in [0.25, 0.3) is 0 Å². The fourth-order valence-electron chi connectivity index (χ4n) is 2.29. The standard InChI is InChI=1S/C13H28N2O7/c1-21-9-6-22-13(20,11(17)10(9)16)7-15-5-3-2-4-8(14)12(18)19/h8-12,15-20H,2-7,14H2,1H3. The van der Waals surface area contributed by atoms with E-state index >= 15 is 0 Å². The van der Waals surface area contributed by atoms with E-state index in [9.17, 15) is 15.3 Å². The van der Waals surface area contributed by atoms with Crippen molar-refractivity contribution >= 4 is 0 Å². The van der Waals surface area contributed by atoms with Gasteiger partial charge in [0, 0.05) is 7.11 Å². The Morgan fingerprint density at radius 2 is 2.05 bits per heavy atom. The molecule has 132 valence electrons. The van der Waals surface area contributed by atoms with Gasteiger partial charge in [-0.05, 0) is 19.4 Å². The number of aliphatic hydroxyl groups is 5. The van der Waals surface area contributed by atoms with E-state index < -0.39 is 36.4 Å². The van der Waals surface area contributed by atoms with Crippen LogP contribution in [-0.2, 0) is 9.47 Å². The van der Waals surface area contributed by atoms with Gasteiger partial charge in [-0.25, -0.2) is 0 Å². The van der Waals surface area contributed by atoms with Crippen molar-refractivity contribution in [2.24, 2.45) is 5.73 Å². The van der Waals surface area contributed by atoms with Crippen LogP contribution in [0.3, 0.4) is 0 Å². The summed E-state index contributed by atoms with van der Waals surface area (Å²) in [6, 6.07) is -0.672. The monoisotopic (exact) mass is 324 g/mol. The first-order chi connectivity index (χ1) is 10.3. The van der Waals surface area contributed by atoms with Crippen LogP contribution in [0.1, 0.15) is 19.3 Å². The third kappa shape index (κ3) is 5.37. The normalized spacial score (nSPS) is 34.1. The van der Waals surface area contributed by atoms with Gasteiger partial charge in [0.05, 0.1) is 19.2 Å². The van der Waals surface area contributed by atoms with E-state index in [1.807, 2.05) is 0 Å². The summed E-state index contributed by atoms with van der Waals surface area (Å²) in [5.41, 5.74) is 5.48. The number of ether oxygens (including phenoxy) is 2. The van der Waals surface area contributed by atoms with Crippen molar-refractivity contribution in [1.29, 1.82) is 0 Å². The lowest BCUT2D eigenvalue weighted by Crippen LogP contribution is -2.64. The van der Waals surface area contributed by atoms with Crippen molar-refractivity contribution in [3.63, 3.8) is 0 Å². The van der Waals surface area contributed by atoms with Gasteiger partial charge in [0.1, 0.15) is 18.3 Å². The van der Waals surface area contributed by atoms with Crippen molar-refractivity contribution in [1.82, 2.24) is 5.32 Å². The van der Waals surface area contributed by atoms with Crippen molar-refractivity contribution in [2.75, 3.05) is 26.8 Å². The molecule has 0 radical (unpaired) electrons. The van der Waals surface area contributed by atoms with Gasteiger partial charge in [-0.2, -0.15) is 0 Å².